The van der Waals surface area contributed by atoms with Gasteiger partial charge in [0, 0.05) is 6.20 Å². The van der Waals surface area contributed by atoms with Crippen molar-refractivity contribution in [1.82, 2.24) is 20.4 Å². The lowest BCUT2D eigenvalue weighted by Crippen LogP contribution is -2.13. The molecule has 2 N–H and O–H groups in total. The van der Waals surface area contributed by atoms with Gasteiger partial charge in [0.15, 0.2) is 5.69 Å². The number of nitrogens with zero attached hydrogens (tertiary/aromatic N) is 4. The maximum Gasteiger partial charge on any atom is 0.278 e. The second kappa shape index (κ2) is 4.18. The summed E-state index contributed by atoms with van der Waals surface area (Å²) in [6, 6.07) is 5.03. The second-order valence-electron chi connectivity index (χ2n) is 2.85. The maximum absolute atomic E-state index is 11.5. The van der Waals surface area contributed by atoms with Crippen molar-refractivity contribution >= 4 is 11.7 Å². The molecular weight excluding hydrogens is 208 g/mol. The number of amides is 1. The summed E-state index contributed by atoms with van der Waals surface area (Å²) in [6.07, 6.45) is 2.68. The molecule has 7 heteroatoms. The third-order valence-corrected chi connectivity index (χ3v) is 1.78. The Labute approximate surface area is 90.1 Å². The molecule has 78 valence electrons. The van der Waals surface area contributed by atoms with Crippen molar-refractivity contribution in [3.63, 3.8) is 0 Å². The van der Waals surface area contributed by atoms with E-state index in [-0.39, 0.29) is 5.69 Å². The lowest BCUT2D eigenvalue weighted by Gasteiger charge is -2.00. The van der Waals surface area contributed by atoms with Gasteiger partial charge in [0.1, 0.15) is 11.9 Å². The minimum absolute atomic E-state index is 0.172. The fraction of sp³-hybridized carbons (Fsp3) is 0. The first kappa shape index (κ1) is 9.79. The Hall–Kier alpha value is -2.75. The zero-order chi connectivity index (χ0) is 11.4. The highest BCUT2D eigenvalue weighted by Crippen LogP contribution is 2.05. The number of rotatable bonds is 2. The molecule has 0 unspecified atom stereocenters. The maximum atomic E-state index is 11.5. The number of H-pyrrole nitrogens is 1. The molecule has 0 atom stereocenters. The molecule has 16 heavy (non-hydrogen) atoms. The predicted molar refractivity (Wildman–Crippen MR) is 53.3 cm³/mol. The van der Waals surface area contributed by atoms with Crippen LogP contribution in [0, 0.1) is 11.3 Å². The molecule has 0 aliphatic carbocycles. The fourth-order valence-electron chi connectivity index (χ4n) is 1.03. The number of hydrogen-bond acceptors (Lipinski definition) is 5. The van der Waals surface area contributed by atoms with Crippen molar-refractivity contribution in [2.75, 3.05) is 5.32 Å². The van der Waals surface area contributed by atoms with Crippen LogP contribution in [0.5, 0.6) is 0 Å². The summed E-state index contributed by atoms with van der Waals surface area (Å²) < 4.78 is 0. The quantitative estimate of drug-likeness (QED) is 0.748. The number of carbonyl (C=O) groups excluding carboxylic acids is 1. The molecule has 0 aromatic carbocycles. The van der Waals surface area contributed by atoms with E-state index in [9.17, 15) is 4.79 Å². The summed E-state index contributed by atoms with van der Waals surface area (Å²) in [6.45, 7) is 0. The minimum Gasteiger partial charge on any atom is -0.305 e. The summed E-state index contributed by atoms with van der Waals surface area (Å²) in [5.74, 6) is -0.0574. The van der Waals surface area contributed by atoms with Crippen LogP contribution in [0.15, 0.2) is 24.5 Å². The highest BCUT2D eigenvalue weighted by Gasteiger charge is 2.08. The topological polar surface area (TPSA) is 107 Å². The molecule has 0 bridgehead atoms. The van der Waals surface area contributed by atoms with E-state index in [4.69, 9.17) is 5.26 Å². The first-order chi connectivity index (χ1) is 7.79. The third-order valence-electron chi connectivity index (χ3n) is 1.78. The molecule has 0 spiro atoms. The zero-order valence-corrected chi connectivity index (χ0v) is 8.01. The van der Waals surface area contributed by atoms with Crippen LogP contribution in [0.1, 0.15) is 16.1 Å². The number of anilines is 1. The molecule has 2 aromatic heterocycles. The molecule has 0 radical (unpaired) electrons. The smallest absolute Gasteiger partial charge is 0.278 e. The van der Waals surface area contributed by atoms with Crippen molar-refractivity contribution in [2.45, 2.75) is 0 Å². The summed E-state index contributed by atoms with van der Waals surface area (Å²) >= 11 is 0. The number of nitrogens with one attached hydrogen (secondary N) is 2. The normalized spacial score (nSPS) is 9.44. The van der Waals surface area contributed by atoms with E-state index >= 15 is 0 Å². The fourth-order valence-corrected chi connectivity index (χ4v) is 1.03. The van der Waals surface area contributed by atoms with Gasteiger partial charge in [-0.3, -0.25) is 4.79 Å². The van der Waals surface area contributed by atoms with Gasteiger partial charge in [-0.25, -0.2) is 4.98 Å². The van der Waals surface area contributed by atoms with Gasteiger partial charge in [-0.1, -0.05) is 0 Å². The number of hydrogen-bond donors (Lipinski definition) is 2. The van der Waals surface area contributed by atoms with E-state index < -0.39 is 5.91 Å². The summed E-state index contributed by atoms with van der Waals surface area (Å²) in [5.41, 5.74) is 0.602. The molecule has 1 amide bonds. The van der Waals surface area contributed by atoms with Crippen LogP contribution in [0.25, 0.3) is 0 Å². The molecule has 0 aliphatic heterocycles. The van der Waals surface area contributed by atoms with E-state index in [1.54, 1.807) is 6.07 Å². The first-order valence-electron chi connectivity index (χ1n) is 4.33. The Morgan fingerprint density at radius 1 is 1.44 bits per heavy atom. The van der Waals surface area contributed by atoms with Gasteiger partial charge in [0.05, 0.1) is 11.8 Å². The van der Waals surface area contributed by atoms with Gasteiger partial charge in [0.2, 0.25) is 0 Å². The van der Waals surface area contributed by atoms with Crippen LogP contribution in [0.4, 0.5) is 5.82 Å². The highest BCUT2D eigenvalue weighted by atomic mass is 16.2. The summed E-state index contributed by atoms with van der Waals surface area (Å²) in [7, 11) is 0. The van der Waals surface area contributed by atoms with Crippen LogP contribution in [0.2, 0.25) is 0 Å². The highest BCUT2D eigenvalue weighted by molar-refractivity contribution is 6.01. The van der Waals surface area contributed by atoms with Crippen LogP contribution < -0.4 is 5.32 Å². The number of aromatic nitrogens is 4. The summed E-state index contributed by atoms with van der Waals surface area (Å²) in [5, 5.41) is 20.5. The third kappa shape index (κ3) is 2.01. The van der Waals surface area contributed by atoms with Crippen LogP contribution >= 0.6 is 0 Å². The van der Waals surface area contributed by atoms with Crippen molar-refractivity contribution in [2.24, 2.45) is 0 Å². The van der Waals surface area contributed by atoms with Gasteiger partial charge in [-0.05, 0) is 12.1 Å². The molecule has 2 heterocycles. The van der Waals surface area contributed by atoms with E-state index in [0.717, 1.165) is 0 Å². The van der Waals surface area contributed by atoms with Crippen LogP contribution in [0.3, 0.4) is 0 Å². The SMILES string of the molecule is N#Cc1ccc(NC(=O)c2cn[nH]n2)nc1. The summed E-state index contributed by atoms with van der Waals surface area (Å²) in [4.78, 5) is 15.4. The number of aromatic amines is 1. The predicted octanol–water partition coefficient (Wildman–Crippen LogP) is 0.324. The zero-order valence-electron chi connectivity index (χ0n) is 8.01. The van der Waals surface area contributed by atoms with Crippen molar-refractivity contribution < 1.29 is 4.79 Å². The monoisotopic (exact) mass is 214 g/mol. The lowest BCUT2D eigenvalue weighted by molar-refractivity contribution is 0.102. The van der Waals surface area contributed by atoms with E-state index in [1.807, 2.05) is 6.07 Å². The molecule has 0 fully saturated rings. The van der Waals surface area contributed by atoms with Crippen LogP contribution in [-0.4, -0.2) is 26.3 Å². The van der Waals surface area contributed by atoms with E-state index in [1.165, 1.54) is 18.5 Å². The Bertz CT molecular complexity index is 524. The van der Waals surface area contributed by atoms with E-state index in [2.05, 4.69) is 25.7 Å². The largest absolute Gasteiger partial charge is 0.305 e. The van der Waals surface area contributed by atoms with E-state index in [0.29, 0.717) is 11.4 Å². The van der Waals surface area contributed by atoms with Gasteiger partial charge in [-0.2, -0.15) is 20.7 Å². The average Bonchev–Trinajstić information content (AvgIpc) is 2.83. The Morgan fingerprint density at radius 3 is 2.88 bits per heavy atom. The van der Waals surface area contributed by atoms with Gasteiger partial charge < -0.3 is 5.32 Å². The van der Waals surface area contributed by atoms with Gasteiger partial charge >= 0.3 is 0 Å². The van der Waals surface area contributed by atoms with Crippen molar-refractivity contribution in [3.05, 3.63) is 35.8 Å². The first-order valence-corrected chi connectivity index (χ1v) is 4.33. The van der Waals surface area contributed by atoms with Crippen LogP contribution in [-0.2, 0) is 0 Å². The molecular formula is C9H6N6O. The minimum atomic E-state index is -0.411. The standard InChI is InChI=1S/C9H6N6O/c10-3-6-1-2-8(11-4-6)13-9(16)7-5-12-15-14-7/h1-2,4-5H,(H,11,13,16)(H,12,14,15). The number of pyridine rings is 1. The lowest BCUT2D eigenvalue weighted by atomic mass is 10.3. The van der Waals surface area contributed by atoms with Crippen molar-refractivity contribution in [1.29, 1.82) is 5.26 Å². The number of carbonyl (C=O) groups is 1. The van der Waals surface area contributed by atoms with Gasteiger partial charge in [-0.15, -0.1) is 0 Å². The Kier molecular flexibility index (Phi) is 2.56. The second-order valence-corrected chi connectivity index (χ2v) is 2.85. The molecule has 0 saturated heterocycles. The molecule has 0 aliphatic rings. The molecule has 0 saturated carbocycles. The molecule has 7 nitrogen and oxygen atoms in total. The van der Waals surface area contributed by atoms with Gasteiger partial charge in [0.25, 0.3) is 5.91 Å². The van der Waals surface area contributed by atoms with Crippen molar-refractivity contribution in [3.8, 4) is 6.07 Å². The Balaban J connectivity index is 2.10. The molecule has 2 rings (SSSR count). The molecule has 2 aromatic rings. The Morgan fingerprint density at radius 2 is 2.31 bits per heavy atom. The average molecular weight is 214 g/mol. The number of nitriles is 1.